The molecule has 2 aromatic heterocycles. The van der Waals surface area contributed by atoms with Gasteiger partial charge in [0, 0.05) is 46.4 Å². The van der Waals surface area contributed by atoms with Gasteiger partial charge in [0.25, 0.3) is 0 Å². The molecule has 2 aromatic carbocycles. The lowest BCUT2D eigenvalue weighted by Crippen LogP contribution is -1.97. The molecule has 0 unspecified atom stereocenters. The highest BCUT2D eigenvalue weighted by atomic mass is 15.0. The molecule has 0 spiro atoms. The lowest BCUT2D eigenvalue weighted by Gasteiger charge is -2.06. The van der Waals surface area contributed by atoms with Crippen molar-refractivity contribution in [2.24, 2.45) is 0 Å². The van der Waals surface area contributed by atoms with Crippen molar-refractivity contribution in [1.29, 1.82) is 0 Å². The molecule has 4 aromatic rings. The Morgan fingerprint density at radius 2 is 1.58 bits per heavy atom. The lowest BCUT2D eigenvalue weighted by molar-refractivity contribution is 0.665. The number of aromatic nitrogens is 2. The molecule has 0 atom stereocenters. The van der Waals surface area contributed by atoms with Gasteiger partial charge in [0.1, 0.15) is 0 Å². The molecule has 0 amide bonds. The van der Waals surface area contributed by atoms with Gasteiger partial charge < -0.3 is 10.3 Å². The van der Waals surface area contributed by atoms with Crippen LogP contribution in [0.25, 0.3) is 34.0 Å². The summed E-state index contributed by atoms with van der Waals surface area (Å²) in [5, 5.41) is 2.50. The summed E-state index contributed by atoms with van der Waals surface area (Å²) in [5.41, 5.74) is 11.8. The van der Waals surface area contributed by atoms with Gasteiger partial charge in [0.15, 0.2) is 0 Å². The first-order valence-corrected chi connectivity index (χ1v) is 9.16. The molecule has 0 aliphatic rings. The van der Waals surface area contributed by atoms with Crippen LogP contribution < -0.4 is 5.73 Å². The molecule has 3 heteroatoms. The molecule has 4 rings (SSSR count). The predicted molar refractivity (Wildman–Crippen MR) is 112 cm³/mol. The number of hydrogen-bond donors (Lipinski definition) is 1. The molecule has 0 fully saturated rings. The Kier molecular flexibility index (Phi) is 4.44. The van der Waals surface area contributed by atoms with E-state index in [1.807, 2.05) is 30.6 Å². The first kappa shape index (κ1) is 16.4. The van der Waals surface area contributed by atoms with Gasteiger partial charge in [-0.05, 0) is 60.0 Å². The van der Waals surface area contributed by atoms with Crippen LogP contribution in [0.15, 0.2) is 60.9 Å². The van der Waals surface area contributed by atoms with Crippen molar-refractivity contribution in [3.8, 4) is 0 Å². The zero-order valence-corrected chi connectivity index (χ0v) is 15.0. The summed E-state index contributed by atoms with van der Waals surface area (Å²) in [5.74, 6) is 0. The van der Waals surface area contributed by atoms with E-state index >= 15 is 0 Å². The standard InChI is InChI=1S/C23H23N3/c1-2-3-14-26-22-8-6-18(5-4-17-10-12-25-13-11-17)15-20(22)21-16-19(24)7-9-23(21)26/h4-13,15-16H,2-3,14,24H2,1H3/b5-4+. The summed E-state index contributed by atoms with van der Waals surface area (Å²) in [6, 6.07) is 16.9. The van der Waals surface area contributed by atoms with E-state index in [4.69, 9.17) is 5.73 Å². The third kappa shape index (κ3) is 3.08. The van der Waals surface area contributed by atoms with Gasteiger partial charge in [-0.15, -0.1) is 0 Å². The Labute approximate surface area is 153 Å². The number of nitrogens with two attached hydrogens (primary N) is 1. The Hall–Kier alpha value is -3.07. The summed E-state index contributed by atoms with van der Waals surface area (Å²) in [4.78, 5) is 4.06. The summed E-state index contributed by atoms with van der Waals surface area (Å²) < 4.78 is 2.42. The van der Waals surface area contributed by atoms with E-state index in [0.29, 0.717) is 0 Å². The minimum absolute atomic E-state index is 0.810. The van der Waals surface area contributed by atoms with Crippen molar-refractivity contribution >= 4 is 39.6 Å². The molecule has 0 radical (unpaired) electrons. The van der Waals surface area contributed by atoms with Crippen LogP contribution in [0.5, 0.6) is 0 Å². The van der Waals surface area contributed by atoms with Gasteiger partial charge in [-0.25, -0.2) is 0 Å². The molecule has 0 aliphatic carbocycles. The van der Waals surface area contributed by atoms with Gasteiger partial charge in [-0.2, -0.15) is 0 Å². The van der Waals surface area contributed by atoms with Crippen molar-refractivity contribution in [2.45, 2.75) is 26.3 Å². The lowest BCUT2D eigenvalue weighted by atomic mass is 10.1. The zero-order chi connectivity index (χ0) is 17.9. The van der Waals surface area contributed by atoms with Crippen molar-refractivity contribution in [3.05, 3.63) is 72.1 Å². The summed E-state index contributed by atoms with van der Waals surface area (Å²) in [6.07, 6.45) is 10.2. The normalized spacial score (nSPS) is 11.7. The van der Waals surface area contributed by atoms with Crippen LogP contribution in [0.3, 0.4) is 0 Å². The Morgan fingerprint density at radius 1 is 0.885 bits per heavy atom. The molecule has 130 valence electrons. The van der Waals surface area contributed by atoms with E-state index < -0.39 is 0 Å². The molecule has 0 bridgehead atoms. The van der Waals surface area contributed by atoms with E-state index in [1.54, 1.807) is 0 Å². The molecule has 0 saturated heterocycles. The first-order chi connectivity index (χ1) is 12.8. The molecule has 0 aliphatic heterocycles. The third-order valence-corrected chi connectivity index (χ3v) is 4.82. The molecule has 0 saturated carbocycles. The van der Waals surface area contributed by atoms with Gasteiger partial charge in [-0.3, -0.25) is 4.98 Å². The number of rotatable bonds is 5. The maximum absolute atomic E-state index is 6.07. The minimum Gasteiger partial charge on any atom is -0.399 e. The molecule has 2 heterocycles. The van der Waals surface area contributed by atoms with Gasteiger partial charge in [0.2, 0.25) is 0 Å². The SMILES string of the molecule is CCCCn1c2ccc(N)cc2c2cc(/C=C/c3ccncc3)ccc21. The van der Waals surface area contributed by atoms with Crippen LogP contribution in [0.4, 0.5) is 5.69 Å². The number of nitrogens with zero attached hydrogens (tertiary/aromatic N) is 2. The summed E-state index contributed by atoms with van der Waals surface area (Å²) in [7, 11) is 0. The average Bonchev–Trinajstić information content (AvgIpc) is 2.98. The average molecular weight is 341 g/mol. The Bertz CT molecular complexity index is 1070. The number of benzene rings is 2. The second kappa shape index (κ2) is 7.04. The Morgan fingerprint density at radius 3 is 2.35 bits per heavy atom. The summed E-state index contributed by atoms with van der Waals surface area (Å²) >= 11 is 0. The number of aryl methyl sites for hydroxylation is 1. The minimum atomic E-state index is 0.810. The zero-order valence-electron chi connectivity index (χ0n) is 15.0. The topological polar surface area (TPSA) is 43.8 Å². The maximum atomic E-state index is 6.07. The van der Waals surface area contributed by atoms with E-state index in [2.05, 4.69) is 59.0 Å². The second-order valence-corrected chi connectivity index (χ2v) is 6.67. The highest BCUT2D eigenvalue weighted by Crippen LogP contribution is 2.32. The monoisotopic (exact) mass is 341 g/mol. The van der Waals surface area contributed by atoms with Crippen molar-refractivity contribution in [3.63, 3.8) is 0 Å². The molecule has 3 nitrogen and oxygen atoms in total. The molecular weight excluding hydrogens is 318 g/mol. The van der Waals surface area contributed by atoms with Gasteiger partial charge in [0.05, 0.1) is 0 Å². The van der Waals surface area contributed by atoms with Crippen LogP contribution in [0, 0.1) is 0 Å². The van der Waals surface area contributed by atoms with Gasteiger partial charge >= 0.3 is 0 Å². The fourth-order valence-corrected chi connectivity index (χ4v) is 3.47. The highest BCUT2D eigenvalue weighted by Gasteiger charge is 2.10. The van der Waals surface area contributed by atoms with E-state index in [9.17, 15) is 0 Å². The smallest absolute Gasteiger partial charge is 0.0492 e. The number of fused-ring (bicyclic) bond motifs is 3. The van der Waals surface area contributed by atoms with E-state index in [1.165, 1.54) is 40.2 Å². The van der Waals surface area contributed by atoms with Crippen LogP contribution in [0.2, 0.25) is 0 Å². The van der Waals surface area contributed by atoms with Crippen molar-refractivity contribution < 1.29 is 0 Å². The summed E-state index contributed by atoms with van der Waals surface area (Å²) in [6.45, 7) is 3.26. The van der Waals surface area contributed by atoms with Gasteiger partial charge in [-0.1, -0.05) is 31.6 Å². The first-order valence-electron chi connectivity index (χ1n) is 9.16. The van der Waals surface area contributed by atoms with Crippen LogP contribution >= 0.6 is 0 Å². The van der Waals surface area contributed by atoms with Crippen molar-refractivity contribution in [1.82, 2.24) is 9.55 Å². The number of anilines is 1. The fourth-order valence-electron chi connectivity index (χ4n) is 3.47. The predicted octanol–water partition coefficient (Wildman–Crippen LogP) is 5.74. The second-order valence-electron chi connectivity index (χ2n) is 6.67. The fraction of sp³-hybridized carbons (Fsp3) is 0.174. The number of hydrogen-bond acceptors (Lipinski definition) is 2. The van der Waals surface area contributed by atoms with E-state index in [-0.39, 0.29) is 0 Å². The number of pyridine rings is 1. The van der Waals surface area contributed by atoms with Crippen LogP contribution in [-0.2, 0) is 6.54 Å². The molecule has 2 N–H and O–H groups in total. The molecule has 26 heavy (non-hydrogen) atoms. The number of nitrogen functional groups attached to an aromatic ring is 1. The quantitative estimate of drug-likeness (QED) is 0.470. The van der Waals surface area contributed by atoms with E-state index in [0.717, 1.165) is 17.8 Å². The molecular formula is C23H23N3. The Balaban J connectivity index is 1.83. The van der Waals surface area contributed by atoms with Crippen LogP contribution in [0.1, 0.15) is 30.9 Å². The highest BCUT2D eigenvalue weighted by molar-refractivity contribution is 6.09. The largest absolute Gasteiger partial charge is 0.399 e. The number of unbranched alkanes of at least 4 members (excludes halogenated alkanes) is 1. The van der Waals surface area contributed by atoms with Crippen LogP contribution in [-0.4, -0.2) is 9.55 Å². The maximum Gasteiger partial charge on any atom is 0.0492 e. The third-order valence-electron chi connectivity index (χ3n) is 4.82. The van der Waals surface area contributed by atoms with Crippen molar-refractivity contribution in [2.75, 3.05) is 5.73 Å².